The molecule has 0 aliphatic heterocycles. The molecule has 2 N–H and O–H groups in total. The lowest BCUT2D eigenvalue weighted by molar-refractivity contribution is -0.656. The molecule has 0 saturated carbocycles. The van der Waals surface area contributed by atoms with E-state index < -0.39 is 0 Å². The average Bonchev–Trinajstić information content (AvgIpc) is 2.62. The minimum absolute atomic E-state index is 0.00387. The van der Waals surface area contributed by atoms with Crippen LogP contribution in [0.2, 0.25) is 0 Å². The summed E-state index contributed by atoms with van der Waals surface area (Å²) in [6.07, 6.45) is 1.04. The predicted octanol–water partition coefficient (Wildman–Crippen LogP) is 2.99. The van der Waals surface area contributed by atoms with Gasteiger partial charge in [-0.05, 0) is 23.3 Å². The van der Waals surface area contributed by atoms with E-state index in [0.29, 0.717) is 0 Å². The highest BCUT2D eigenvalue weighted by molar-refractivity contribution is 5.39. The monoisotopic (exact) mass is 328 g/mol. The van der Waals surface area contributed by atoms with Crippen LogP contribution in [0.15, 0.2) is 54.6 Å². The van der Waals surface area contributed by atoms with Gasteiger partial charge in [0.25, 0.3) is 0 Å². The van der Waals surface area contributed by atoms with Crippen molar-refractivity contribution in [2.45, 2.75) is 25.7 Å². The number of benzene rings is 2. The molecule has 0 amide bonds. The van der Waals surface area contributed by atoms with E-state index in [1.807, 2.05) is 0 Å². The number of ether oxygens (including phenoxy) is 2. The second kappa shape index (κ2) is 9.45. The van der Waals surface area contributed by atoms with E-state index in [0.717, 1.165) is 38.5 Å². The Morgan fingerprint density at radius 1 is 0.833 bits per heavy atom. The number of rotatable bonds is 10. The lowest BCUT2D eigenvalue weighted by Crippen LogP contribution is -2.85. The van der Waals surface area contributed by atoms with E-state index in [9.17, 15) is 0 Å². The van der Waals surface area contributed by atoms with Crippen molar-refractivity contribution in [3.8, 4) is 5.75 Å². The summed E-state index contributed by atoms with van der Waals surface area (Å²) in [5, 5.41) is 2.26. The molecule has 0 aliphatic rings. The summed E-state index contributed by atoms with van der Waals surface area (Å²) < 4.78 is 10.9. The van der Waals surface area contributed by atoms with Gasteiger partial charge in [0.15, 0.2) is 0 Å². The molecule has 0 radical (unpaired) electrons. The van der Waals surface area contributed by atoms with Gasteiger partial charge in [0.2, 0.25) is 0 Å². The molecule has 0 fully saturated rings. The second-order valence-corrected chi connectivity index (χ2v) is 6.58. The summed E-state index contributed by atoms with van der Waals surface area (Å²) in [4.78, 5) is 0. The molecule has 2 rings (SSSR count). The Labute approximate surface area is 146 Å². The summed E-state index contributed by atoms with van der Waals surface area (Å²) in [6.45, 7) is 8.16. The molecule has 0 atom stereocenters. The Balaban J connectivity index is 1.82. The SMILES string of the molecule is COCC[NH2+]CCCOc1ccc(C(C)(C)c2ccccc2)cc1. The van der Waals surface area contributed by atoms with Crippen molar-refractivity contribution in [2.75, 3.05) is 33.4 Å². The number of nitrogens with two attached hydrogens (primary N) is 1. The number of quaternary nitrogens is 1. The zero-order chi connectivity index (χ0) is 17.3. The lowest BCUT2D eigenvalue weighted by Gasteiger charge is -2.26. The zero-order valence-corrected chi connectivity index (χ0v) is 15.1. The van der Waals surface area contributed by atoms with E-state index in [2.05, 4.69) is 73.8 Å². The minimum atomic E-state index is -0.00387. The maximum Gasteiger partial charge on any atom is 0.119 e. The largest absolute Gasteiger partial charge is 0.493 e. The molecule has 0 heterocycles. The average molecular weight is 328 g/mol. The van der Waals surface area contributed by atoms with Crippen molar-refractivity contribution in [1.82, 2.24) is 0 Å². The first-order chi connectivity index (χ1) is 11.6. The molecule has 0 saturated heterocycles. The standard InChI is InChI=1S/C21H29NO2/c1-21(2,18-8-5-4-6-9-18)19-10-12-20(13-11-19)24-16-7-14-22-15-17-23-3/h4-6,8-13,22H,7,14-17H2,1-3H3/p+1. The number of hydrogen-bond donors (Lipinski definition) is 1. The molecular formula is C21H30NO2+. The summed E-state index contributed by atoms with van der Waals surface area (Å²) in [7, 11) is 1.74. The van der Waals surface area contributed by atoms with Gasteiger partial charge in [0.1, 0.15) is 5.75 Å². The highest BCUT2D eigenvalue weighted by Crippen LogP contribution is 2.32. The fraction of sp³-hybridized carbons (Fsp3) is 0.429. The van der Waals surface area contributed by atoms with Crippen molar-refractivity contribution in [3.05, 3.63) is 65.7 Å². The molecule has 0 spiro atoms. The van der Waals surface area contributed by atoms with Crippen LogP contribution < -0.4 is 10.1 Å². The Morgan fingerprint density at radius 2 is 1.50 bits per heavy atom. The first-order valence-electron chi connectivity index (χ1n) is 8.74. The normalized spacial score (nSPS) is 11.5. The van der Waals surface area contributed by atoms with Crippen LogP contribution in [0.3, 0.4) is 0 Å². The minimum Gasteiger partial charge on any atom is -0.493 e. The van der Waals surface area contributed by atoms with E-state index in [1.54, 1.807) is 7.11 Å². The van der Waals surface area contributed by atoms with Crippen LogP contribution >= 0.6 is 0 Å². The van der Waals surface area contributed by atoms with Gasteiger partial charge in [-0.2, -0.15) is 0 Å². The van der Waals surface area contributed by atoms with E-state index in [1.165, 1.54) is 11.1 Å². The van der Waals surface area contributed by atoms with Crippen LogP contribution in [0, 0.1) is 0 Å². The topological polar surface area (TPSA) is 35.1 Å². The summed E-state index contributed by atoms with van der Waals surface area (Å²) in [5.74, 6) is 0.944. The Bertz CT molecular complexity index is 579. The second-order valence-electron chi connectivity index (χ2n) is 6.58. The van der Waals surface area contributed by atoms with Gasteiger partial charge < -0.3 is 14.8 Å². The molecular weight excluding hydrogens is 298 g/mol. The zero-order valence-electron chi connectivity index (χ0n) is 15.1. The van der Waals surface area contributed by atoms with Crippen molar-refractivity contribution >= 4 is 0 Å². The fourth-order valence-corrected chi connectivity index (χ4v) is 2.75. The molecule has 2 aromatic carbocycles. The molecule has 0 unspecified atom stereocenters. The van der Waals surface area contributed by atoms with Gasteiger partial charge in [-0.1, -0.05) is 56.3 Å². The van der Waals surface area contributed by atoms with Crippen molar-refractivity contribution in [2.24, 2.45) is 0 Å². The van der Waals surface area contributed by atoms with Gasteiger partial charge in [0.05, 0.1) is 26.3 Å². The van der Waals surface area contributed by atoms with E-state index in [4.69, 9.17) is 9.47 Å². The lowest BCUT2D eigenvalue weighted by atomic mass is 9.78. The van der Waals surface area contributed by atoms with E-state index in [-0.39, 0.29) is 5.41 Å². The van der Waals surface area contributed by atoms with E-state index >= 15 is 0 Å². The van der Waals surface area contributed by atoms with Crippen molar-refractivity contribution in [3.63, 3.8) is 0 Å². The van der Waals surface area contributed by atoms with Crippen LogP contribution in [0.5, 0.6) is 5.75 Å². The number of hydrogen-bond acceptors (Lipinski definition) is 2. The molecule has 0 aromatic heterocycles. The van der Waals surface area contributed by atoms with Crippen molar-refractivity contribution in [1.29, 1.82) is 0 Å². The molecule has 24 heavy (non-hydrogen) atoms. The van der Waals surface area contributed by atoms with Crippen LogP contribution in [0.25, 0.3) is 0 Å². The third-order valence-corrected chi connectivity index (χ3v) is 4.42. The third-order valence-electron chi connectivity index (χ3n) is 4.42. The van der Waals surface area contributed by atoms with Crippen molar-refractivity contribution < 1.29 is 14.8 Å². The van der Waals surface area contributed by atoms with Crippen LogP contribution in [0.1, 0.15) is 31.4 Å². The van der Waals surface area contributed by atoms with Gasteiger partial charge in [0, 0.05) is 18.9 Å². The Morgan fingerprint density at radius 3 is 2.17 bits per heavy atom. The third kappa shape index (κ3) is 5.36. The fourth-order valence-electron chi connectivity index (χ4n) is 2.75. The van der Waals surface area contributed by atoms with Crippen LogP contribution in [-0.2, 0) is 10.2 Å². The Hall–Kier alpha value is -1.84. The highest BCUT2D eigenvalue weighted by Gasteiger charge is 2.22. The van der Waals surface area contributed by atoms with Gasteiger partial charge in [-0.15, -0.1) is 0 Å². The molecule has 130 valence electrons. The number of methoxy groups -OCH3 is 1. The molecule has 2 aromatic rings. The van der Waals surface area contributed by atoms with Crippen LogP contribution in [-0.4, -0.2) is 33.4 Å². The predicted molar refractivity (Wildman–Crippen MR) is 98.7 cm³/mol. The molecule has 3 heteroatoms. The van der Waals surface area contributed by atoms with Gasteiger partial charge in [-0.25, -0.2) is 0 Å². The van der Waals surface area contributed by atoms with Gasteiger partial charge in [-0.3, -0.25) is 0 Å². The molecule has 0 bridgehead atoms. The molecule has 3 nitrogen and oxygen atoms in total. The first kappa shape index (κ1) is 18.5. The molecule has 0 aliphatic carbocycles. The van der Waals surface area contributed by atoms with Gasteiger partial charge >= 0.3 is 0 Å². The first-order valence-corrected chi connectivity index (χ1v) is 8.74. The maximum absolute atomic E-state index is 5.83. The highest BCUT2D eigenvalue weighted by atomic mass is 16.5. The summed E-state index contributed by atoms with van der Waals surface area (Å²) in [5.41, 5.74) is 2.62. The van der Waals surface area contributed by atoms with Crippen LogP contribution in [0.4, 0.5) is 0 Å². The summed E-state index contributed by atoms with van der Waals surface area (Å²) >= 11 is 0. The smallest absolute Gasteiger partial charge is 0.119 e. The Kier molecular flexibility index (Phi) is 7.29. The summed E-state index contributed by atoms with van der Waals surface area (Å²) in [6, 6.07) is 19.1. The quantitative estimate of drug-likeness (QED) is 0.681. The maximum atomic E-state index is 5.83.